The predicted molar refractivity (Wildman–Crippen MR) is 80.6 cm³/mol. The highest BCUT2D eigenvalue weighted by atomic mass is 16.5. The van der Waals surface area contributed by atoms with Crippen molar-refractivity contribution < 1.29 is 4.74 Å². The van der Waals surface area contributed by atoms with E-state index in [-0.39, 0.29) is 11.6 Å². The lowest BCUT2D eigenvalue weighted by atomic mass is 9.93. The van der Waals surface area contributed by atoms with Crippen molar-refractivity contribution in [1.82, 2.24) is 14.5 Å². The first-order valence-corrected chi connectivity index (χ1v) is 7.52. The fourth-order valence-electron chi connectivity index (χ4n) is 3.14. The highest BCUT2D eigenvalue weighted by Gasteiger charge is 2.35. The number of piperidine rings is 1. The molecule has 1 aliphatic rings. The van der Waals surface area contributed by atoms with Crippen LogP contribution < -0.4 is 5.73 Å². The molecule has 114 valence electrons. The molecule has 1 fully saturated rings. The molecule has 0 aliphatic carbocycles. The Morgan fingerprint density at radius 1 is 1.50 bits per heavy atom. The van der Waals surface area contributed by atoms with Gasteiger partial charge < -0.3 is 15.0 Å². The number of aromatic nitrogens is 2. The molecular weight excluding hydrogens is 252 g/mol. The quantitative estimate of drug-likeness (QED) is 0.896. The van der Waals surface area contributed by atoms with Gasteiger partial charge >= 0.3 is 0 Å². The molecule has 2 heterocycles. The van der Waals surface area contributed by atoms with Gasteiger partial charge in [0.2, 0.25) is 0 Å². The number of hydrogen-bond donors (Lipinski definition) is 1. The molecule has 2 rings (SSSR count). The van der Waals surface area contributed by atoms with Crippen molar-refractivity contribution in [3.05, 3.63) is 18.2 Å². The number of methoxy groups -OCH3 is 1. The summed E-state index contributed by atoms with van der Waals surface area (Å²) >= 11 is 0. The number of hydrogen-bond acceptors (Lipinski definition) is 4. The maximum atomic E-state index is 6.07. The van der Waals surface area contributed by atoms with Crippen molar-refractivity contribution in [3.63, 3.8) is 0 Å². The summed E-state index contributed by atoms with van der Waals surface area (Å²) in [6.07, 6.45) is 6.12. The Bertz CT molecular complexity index is 431. The van der Waals surface area contributed by atoms with Crippen molar-refractivity contribution >= 4 is 0 Å². The Labute approximate surface area is 122 Å². The predicted octanol–water partition coefficient (Wildman–Crippen LogP) is 1.96. The zero-order chi connectivity index (χ0) is 14.8. The van der Waals surface area contributed by atoms with Crippen LogP contribution in [0.25, 0.3) is 0 Å². The molecule has 0 saturated carbocycles. The number of ether oxygens (including phenoxy) is 1. The van der Waals surface area contributed by atoms with E-state index >= 15 is 0 Å². The molecule has 0 bridgehead atoms. The number of rotatable bonds is 5. The van der Waals surface area contributed by atoms with Crippen molar-refractivity contribution in [2.24, 2.45) is 5.73 Å². The van der Waals surface area contributed by atoms with E-state index in [4.69, 9.17) is 10.5 Å². The summed E-state index contributed by atoms with van der Waals surface area (Å²) in [6.45, 7) is 9.14. The molecule has 0 radical (unpaired) electrons. The lowest BCUT2D eigenvalue weighted by Gasteiger charge is -2.43. The highest BCUT2D eigenvalue weighted by molar-refractivity contribution is 5.09. The van der Waals surface area contributed by atoms with E-state index in [1.165, 1.54) is 5.69 Å². The van der Waals surface area contributed by atoms with Gasteiger partial charge in [-0.1, -0.05) is 0 Å². The Morgan fingerprint density at radius 3 is 2.85 bits per heavy atom. The minimum absolute atomic E-state index is 0.0612. The SMILES string of the molecule is COC1(C)CCCN(C(CN)c2cncn2C(C)C)C1. The smallest absolute Gasteiger partial charge is 0.0951 e. The molecule has 1 aromatic rings. The summed E-state index contributed by atoms with van der Waals surface area (Å²) in [5, 5.41) is 0. The van der Waals surface area contributed by atoms with Crippen molar-refractivity contribution in [2.45, 2.75) is 51.3 Å². The van der Waals surface area contributed by atoms with Gasteiger partial charge in [0.25, 0.3) is 0 Å². The average Bonchev–Trinajstić information content (AvgIpc) is 2.89. The fraction of sp³-hybridized carbons (Fsp3) is 0.800. The van der Waals surface area contributed by atoms with Crippen molar-refractivity contribution in [1.29, 1.82) is 0 Å². The van der Waals surface area contributed by atoms with Crippen LogP contribution in [-0.2, 0) is 4.74 Å². The van der Waals surface area contributed by atoms with Gasteiger partial charge in [-0.05, 0) is 40.2 Å². The fourth-order valence-corrected chi connectivity index (χ4v) is 3.14. The number of imidazole rings is 1. The summed E-state index contributed by atoms with van der Waals surface area (Å²) in [4.78, 5) is 6.76. The summed E-state index contributed by atoms with van der Waals surface area (Å²) in [5.74, 6) is 0. The molecular formula is C15H28N4O. The van der Waals surface area contributed by atoms with Gasteiger partial charge in [0, 0.05) is 32.4 Å². The molecule has 1 aromatic heterocycles. The Hall–Kier alpha value is -0.910. The average molecular weight is 280 g/mol. The minimum Gasteiger partial charge on any atom is -0.377 e. The van der Waals surface area contributed by atoms with E-state index in [9.17, 15) is 0 Å². The van der Waals surface area contributed by atoms with Crippen molar-refractivity contribution in [2.75, 3.05) is 26.7 Å². The second-order valence-corrected chi connectivity index (χ2v) is 6.30. The molecule has 5 nitrogen and oxygen atoms in total. The number of nitrogens with zero attached hydrogens (tertiary/aromatic N) is 3. The third-order valence-corrected chi connectivity index (χ3v) is 4.44. The van der Waals surface area contributed by atoms with Crippen LogP contribution in [0, 0.1) is 0 Å². The van der Waals surface area contributed by atoms with E-state index in [2.05, 4.69) is 35.2 Å². The number of likely N-dealkylation sites (tertiary alicyclic amines) is 1. The van der Waals surface area contributed by atoms with Gasteiger partial charge in [-0.2, -0.15) is 0 Å². The van der Waals surface area contributed by atoms with Gasteiger partial charge in [0.15, 0.2) is 0 Å². The van der Waals surface area contributed by atoms with E-state index < -0.39 is 0 Å². The third-order valence-electron chi connectivity index (χ3n) is 4.44. The van der Waals surface area contributed by atoms with E-state index in [1.54, 1.807) is 7.11 Å². The molecule has 2 atom stereocenters. The van der Waals surface area contributed by atoms with Gasteiger partial charge in [0.1, 0.15) is 0 Å². The first-order chi connectivity index (χ1) is 9.50. The van der Waals surface area contributed by atoms with Gasteiger partial charge in [0.05, 0.1) is 23.7 Å². The van der Waals surface area contributed by atoms with Crippen LogP contribution in [-0.4, -0.2) is 46.8 Å². The molecule has 1 saturated heterocycles. The van der Waals surface area contributed by atoms with Crippen LogP contribution in [0.15, 0.2) is 12.5 Å². The topological polar surface area (TPSA) is 56.3 Å². The maximum absolute atomic E-state index is 6.07. The van der Waals surface area contributed by atoms with E-state index in [1.807, 2.05) is 12.5 Å². The van der Waals surface area contributed by atoms with Crippen LogP contribution in [0.5, 0.6) is 0 Å². The third kappa shape index (κ3) is 3.05. The van der Waals surface area contributed by atoms with Crippen LogP contribution >= 0.6 is 0 Å². The number of nitrogens with two attached hydrogens (primary N) is 1. The minimum atomic E-state index is -0.0612. The summed E-state index contributed by atoms with van der Waals surface area (Å²) < 4.78 is 7.91. The highest BCUT2D eigenvalue weighted by Crippen LogP contribution is 2.30. The molecule has 20 heavy (non-hydrogen) atoms. The van der Waals surface area contributed by atoms with Crippen LogP contribution in [0.2, 0.25) is 0 Å². The molecule has 5 heteroatoms. The maximum Gasteiger partial charge on any atom is 0.0951 e. The molecule has 0 amide bonds. The largest absolute Gasteiger partial charge is 0.377 e. The van der Waals surface area contributed by atoms with Crippen LogP contribution in [0.4, 0.5) is 0 Å². The van der Waals surface area contributed by atoms with Crippen LogP contribution in [0.3, 0.4) is 0 Å². The lowest BCUT2D eigenvalue weighted by Crippen LogP contribution is -2.50. The summed E-state index contributed by atoms with van der Waals surface area (Å²) in [5.41, 5.74) is 7.22. The monoisotopic (exact) mass is 280 g/mol. The zero-order valence-electron chi connectivity index (χ0n) is 13.2. The first-order valence-electron chi connectivity index (χ1n) is 7.52. The van der Waals surface area contributed by atoms with Gasteiger partial charge in [-0.15, -0.1) is 0 Å². The molecule has 0 spiro atoms. The van der Waals surface area contributed by atoms with E-state index in [0.717, 1.165) is 25.9 Å². The Morgan fingerprint density at radius 2 is 2.25 bits per heavy atom. The second-order valence-electron chi connectivity index (χ2n) is 6.30. The summed E-state index contributed by atoms with van der Waals surface area (Å²) in [7, 11) is 1.80. The first kappa shape index (κ1) is 15.5. The summed E-state index contributed by atoms with van der Waals surface area (Å²) in [6, 6.07) is 0.620. The molecule has 1 aliphatic heterocycles. The lowest BCUT2D eigenvalue weighted by molar-refractivity contribution is -0.0615. The molecule has 2 N–H and O–H groups in total. The molecule has 0 aromatic carbocycles. The standard InChI is InChI=1S/C15H28N4O/c1-12(2)19-11-17-9-14(19)13(8-16)18-7-5-6-15(3,10-18)20-4/h9,11-13H,5-8,10,16H2,1-4H3. The molecule has 2 unspecified atom stereocenters. The van der Waals surface area contributed by atoms with Gasteiger partial charge in [-0.3, -0.25) is 4.90 Å². The Balaban J connectivity index is 2.21. The Kier molecular flexibility index (Phi) is 4.83. The second kappa shape index (κ2) is 6.24. The van der Waals surface area contributed by atoms with Gasteiger partial charge in [-0.25, -0.2) is 4.98 Å². The zero-order valence-corrected chi connectivity index (χ0v) is 13.2. The van der Waals surface area contributed by atoms with Crippen LogP contribution in [0.1, 0.15) is 51.4 Å². The van der Waals surface area contributed by atoms with Crippen molar-refractivity contribution in [3.8, 4) is 0 Å². The normalized spacial score (nSPS) is 26.1. The van der Waals surface area contributed by atoms with E-state index in [0.29, 0.717) is 12.6 Å².